The summed E-state index contributed by atoms with van der Waals surface area (Å²) >= 11 is 0. The van der Waals surface area contributed by atoms with E-state index in [1.54, 1.807) is 0 Å². The molecule has 0 aromatic heterocycles. The zero-order valence-corrected chi connectivity index (χ0v) is 14.1. The topological polar surface area (TPSA) is 145 Å². The average molecular weight is 371 g/mol. The molecule has 0 bridgehead atoms. The molecule has 0 saturated carbocycles. The second kappa shape index (κ2) is 12.8. The number of nitrogens with zero attached hydrogens (tertiary/aromatic N) is 2. The molecule has 11 heteroatoms. The number of carbonyl (C=O) groups excluding carboxylic acids is 4. The molecule has 0 aliphatic rings. The van der Waals surface area contributed by atoms with Crippen molar-refractivity contribution in [1.82, 2.24) is 20.4 Å². The van der Waals surface area contributed by atoms with Crippen LogP contribution in [-0.4, -0.2) is 86.9 Å². The van der Waals surface area contributed by atoms with Gasteiger partial charge in [-0.25, -0.2) is 0 Å². The fourth-order valence-corrected chi connectivity index (χ4v) is 1.64. The van der Waals surface area contributed by atoms with Crippen molar-refractivity contribution >= 4 is 23.8 Å². The third-order valence-corrected chi connectivity index (χ3v) is 2.73. The molecule has 0 rings (SSSR count). The number of carbonyl (C=O) groups is 4. The summed E-state index contributed by atoms with van der Waals surface area (Å²) in [6.07, 6.45) is 0. The van der Waals surface area contributed by atoms with E-state index in [9.17, 15) is 29.4 Å². The molecule has 0 aromatic rings. The molecule has 131 valence electrons. The van der Waals surface area contributed by atoms with Gasteiger partial charge in [0.25, 0.3) is 0 Å². The van der Waals surface area contributed by atoms with E-state index >= 15 is 0 Å². The molecule has 0 aromatic carbocycles. The Kier molecular flexibility index (Phi) is 13.1. The van der Waals surface area contributed by atoms with Crippen LogP contribution in [0.4, 0.5) is 0 Å². The predicted molar refractivity (Wildman–Crippen MR) is 71.0 cm³/mol. The summed E-state index contributed by atoms with van der Waals surface area (Å²) in [6, 6.07) is 0. The van der Waals surface area contributed by atoms with Crippen molar-refractivity contribution in [2.45, 2.75) is 0 Å². The standard InChI is InChI=1S/C12H22N4O6.Mn/c1-13-9(17)5-15(7-11(19)20)3-4-16(8-12(21)22)6-10(18)14-2;/h3-8H2,1-2H3,(H,13,17)(H,14,18)(H,19,20)(H,21,22);/q;+2/p-2. The molecule has 0 aliphatic heterocycles. The Hall–Kier alpha value is -1.68. The van der Waals surface area contributed by atoms with Gasteiger partial charge < -0.3 is 30.4 Å². The van der Waals surface area contributed by atoms with E-state index in [0.717, 1.165) is 0 Å². The Morgan fingerprint density at radius 1 is 0.739 bits per heavy atom. The second-order valence-electron chi connectivity index (χ2n) is 4.51. The molecule has 0 saturated heterocycles. The van der Waals surface area contributed by atoms with Crippen LogP contribution in [0.3, 0.4) is 0 Å². The molecule has 0 spiro atoms. The van der Waals surface area contributed by atoms with E-state index in [2.05, 4.69) is 10.6 Å². The molecule has 2 N–H and O–H groups in total. The number of likely N-dealkylation sites (N-methyl/N-ethyl adjacent to an activating group) is 2. The van der Waals surface area contributed by atoms with E-state index in [0.29, 0.717) is 0 Å². The molecular weight excluding hydrogens is 351 g/mol. The van der Waals surface area contributed by atoms with Crippen molar-refractivity contribution in [3.63, 3.8) is 0 Å². The normalized spacial score (nSPS) is 10.1. The first-order chi connectivity index (χ1) is 10.3. The van der Waals surface area contributed by atoms with Crippen LogP contribution in [0, 0.1) is 0 Å². The van der Waals surface area contributed by atoms with Gasteiger partial charge in [0.2, 0.25) is 11.8 Å². The minimum atomic E-state index is -1.36. The maximum absolute atomic E-state index is 11.3. The SMILES string of the molecule is CNC(=O)CN(CCN(CC(=O)[O-])CC(=O)NC)CC(=O)[O-].[Mn+2]. The molecule has 0 fully saturated rings. The summed E-state index contributed by atoms with van der Waals surface area (Å²) in [7, 11) is 2.82. The monoisotopic (exact) mass is 371 g/mol. The van der Waals surface area contributed by atoms with Crippen molar-refractivity contribution < 1.29 is 46.5 Å². The molecule has 0 aliphatic carbocycles. The Morgan fingerprint density at radius 2 is 1.04 bits per heavy atom. The fourth-order valence-electron chi connectivity index (χ4n) is 1.64. The number of carboxylic acid groups (broad SMARTS) is 2. The molecule has 1 radical (unpaired) electrons. The fraction of sp³-hybridized carbons (Fsp3) is 0.667. The zero-order chi connectivity index (χ0) is 17.1. The number of hydrogen-bond acceptors (Lipinski definition) is 8. The first kappa shape index (κ1) is 23.6. The maximum Gasteiger partial charge on any atom is 2.00 e. The van der Waals surface area contributed by atoms with Crippen LogP contribution < -0.4 is 20.8 Å². The number of aliphatic carboxylic acids is 2. The van der Waals surface area contributed by atoms with Gasteiger partial charge in [0.15, 0.2) is 0 Å². The van der Waals surface area contributed by atoms with Crippen LogP contribution >= 0.6 is 0 Å². The van der Waals surface area contributed by atoms with Crippen molar-refractivity contribution in [2.75, 3.05) is 53.4 Å². The Morgan fingerprint density at radius 3 is 1.26 bits per heavy atom. The molecule has 0 heterocycles. The largest absolute Gasteiger partial charge is 2.00 e. The van der Waals surface area contributed by atoms with Gasteiger partial charge in [-0.1, -0.05) is 0 Å². The van der Waals surface area contributed by atoms with Crippen LogP contribution in [-0.2, 0) is 36.2 Å². The molecule has 0 atom stereocenters. The van der Waals surface area contributed by atoms with Gasteiger partial charge in [0.1, 0.15) is 0 Å². The van der Waals surface area contributed by atoms with Gasteiger partial charge in [0, 0.05) is 40.3 Å². The second-order valence-corrected chi connectivity index (χ2v) is 4.51. The van der Waals surface area contributed by atoms with Gasteiger partial charge >= 0.3 is 17.1 Å². The quantitative estimate of drug-likeness (QED) is 0.342. The van der Waals surface area contributed by atoms with Crippen LogP contribution in [0.2, 0.25) is 0 Å². The van der Waals surface area contributed by atoms with Crippen molar-refractivity contribution in [3.05, 3.63) is 0 Å². The predicted octanol–water partition coefficient (Wildman–Crippen LogP) is -5.42. The summed E-state index contributed by atoms with van der Waals surface area (Å²) in [4.78, 5) is 46.5. The summed E-state index contributed by atoms with van der Waals surface area (Å²) in [5.74, 6) is -3.50. The third kappa shape index (κ3) is 12.5. The summed E-state index contributed by atoms with van der Waals surface area (Å²) in [6.45, 7) is -1.16. The minimum Gasteiger partial charge on any atom is -0.549 e. The first-order valence-electron chi connectivity index (χ1n) is 6.54. The van der Waals surface area contributed by atoms with E-state index in [4.69, 9.17) is 0 Å². The van der Waals surface area contributed by atoms with Gasteiger partial charge in [-0.2, -0.15) is 0 Å². The smallest absolute Gasteiger partial charge is 0.549 e. The van der Waals surface area contributed by atoms with E-state index < -0.39 is 25.0 Å². The molecule has 2 amide bonds. The summed E-state index contributed by atoms with van der Waals surface area (Å²) in [5.41, 5.74) is 0. The van der Waals surface area contributed by atoms with Crippen LogP contribution in [0.1, 0.15) is 0 Å². The van der Waals surface area contributed by atoms with Gasteiger partial charge in [-0.15, -0.1) is 0 Å². The average Bonchev–Trinajstić information content (AvgIpc) is 2.42. The Balaban J connectivity index is 0. The van der Waals surface area contributed by atoms with Crippen molar-refractivity contribution in [2.24, 2.45) is 0 Å². The Bertz CT molecular complexity index is 382. The molecule has 23 heavy (non-hydrogen) atoms. The van der Waals surface area contributed by atoms with Crippen LogP contribution in [0.15, 0.2) is 0 Å². The van der Waals surface area contributed by atoms with Gasteiger partial charge in [-0.3, -0.25) is 19.4 Å². The molecule has 10 nitrogen and oxygen atoms in total. The van der Waals surface area contributed by atoms with Gasteiger partial charge in [0.05, 0.1) is 25.0 Å². The van der Waals surface area contributed by atoms with Crippen molar-refractivity contribution in [1.29, 1.82) is 0 Å². The number of carboxylic acids is 2. The van der Waals surface area contributed by atoms with E-state index in [1.807, 2.05) is 0 Å². The molecular formula is C12H20MnN4O6. The number of hydrogen-bond donors (Lipinski definition) is 2. The van der Waals surface area contributed by atoms with Crippen LogP contribution in [0.25, 0.3) is 0 Å². The van der Waals surface area contributed by atoms with E-state index in [1.165, 1.54) is 23.9 Å². The number of rotatable bonds is 11. The van der Waals surface area contributed by atoms with Gasteiger partial charge in [-0.05, 0) is 0 Å². The Labute approximate surface area is 144 Å². The summed E-state index contributed by atoms with van der Waals surface area (Å²) in [5, 5.41) is 26.0. The van der Waals surface area contributed by atoms with E-state index in [-0.39, 0.29) is 55.1 Å². The van der Waals surface area contributed by atoms with Crippen LogP contribution in [0.5, 0.6) is 0 Å². The third-order valence-electron chi connectivity index (χ3n) is 2.73. The maximum atomic E-state index is 11.3. The number of nitrogens with one attached hydrogen (secondary N) is 2. The first-order valence-corrected chi connectivity index (χ1v) is 6.54. The number of amides is 2. The molecule has 0 unspecified atom stereocenters. The minimum absolute atomic E-state index is 0. The zero-order valence-electron chi connectivity index (χ0n) is 13.0. The van der Waals surface area contributed by atoms with Crippen molar-refractivity contribution in [3.8, 4) is 0 Å². The summed E-state index contributed by atoms with van der Waals surface area (Å²) < 4.78 is 0.